The van der Waals surface area contributed by atoms with E-state index >= 15 is 0 Å². The van der Waals surface area contributed by atoms with Gasteiger partial charge in [-0.15, -0.1) is 0 Å². The number of aliphatic carboxylic acids is 1. The number of carbonyl (C=O) groups is 1. The molecule has 3 heteroatoms. The van der Waals surface area contributed by atoms with Crippen molar-refractivity contribution in [2.45, 2.75) is 6.92 Å². The van der Waals surface area contributed by atoms with Crippen molar-refractivity contribution >= 4 is 5.97 Å². The van der Waals surface area contributed by atoms with Gasteiger partial charge in [0.1, 0.15) is 12.4 Å². The first kappa shape index (κ1) is 10.1. The summed E-state index contributed by atoms with van der Waals surface area (Å²) in [5.74, 6) is 3.95. The van der Waals surface area contributed by atoms with Gasteiger partial charge in [0.25, 0.3) is 0 Å². The standard InChI is InChI=1S/C11H10O3/c1-9-5-2-3-6-10(9)14-8-4-7-11(12)13/h2-3,5-6H,8H2,1H3,(H,12,13). The van der Waals surface area contributed by atoms with Gasteiger partial charge in [-0.2, -0.15) is 0 Å². The van der Waals surface area contributed by atoms with Gasteiger partial charge >= 0.3 is 5.97 Å². The molecule has 0 radical (unpaired) electrons. The van der Waals surface area contributed by atoms with Gasteiger partial charge in [-0.3, -0.25) is 0 Å². The molecule has 0 atom stereocenters. The maximum Gasteiger partial charge on any atom is 0.382 e. The Bertz CT molecular complexity index is 385. The predicted octanol–water partition coefficient (Wildman–Crippen LogP) is 1.46. The predicted molar refractivity (Wildman–Crippen MR) is 52.1 cm³/mol. The molecule has 0 aliphatic carbocycles. The topological polar surface area (TPSA) is 46.5 Å². The zero-order valence-corrected chi connectivity index (χ0v) is 7.78. The molecule has 1 N–H and O–H groups in total. The van der Waals surface area contributed by atoms with E-state index in [0.717, 1.165) is 11.3 Å². The average Bonchev–Trinajstić information content (AvgIpc) is 2.15. The Hall–Kier alpha value is -1.95. The molecule has 0 aliphatic heterocycles. The molecule has 0 amide bonds. The number of hydrogen-bond acceptors (Lipinski definition) is 2. The lowest BCUT2D eigenvalue weighted by Gasteiger charge is -2.04. The van der Waals surface area contributed by atoms with Crippen LogP contribution in [0.4, 0.5) is 0 Å². The average molecular weight is 190 g/mol. The van der Waals surface area contributed by atoms with Crippen LogP contribution in [-0.4, -0.2) is 17.7 Å². The van der Waals surface area contributed by atoms with E-state index in [-0.39, 0.29) is 6.61 Å². The SMILES string of the molecule is Cc1ccccc1OCC#CC(=O)O. The summed E-state index contributed by atoms with van der Waals surface area (Å²) in [7, 11) is 0. The van der Waals surface area contributed by atoms with Gasteiger partial charge in [-0.1, -0.05) is 18.2 Å². The first-order valence-corrected chi connectivity index (χ1v) is 4.10. The van der Waals surface area contributed by atoms with Gasteiger partial charge in [0.2, 0.25) is 0 Å². The van der Waals surface area contributed by atoms with Gasteiger partial charge in [-0.05, 0) is 24.5 Å². The summed E-state index contributed by atoms with van der Waals surface area (Å²) in [6.07, 6.45) is 0. The second-order valence-electron chi connectivity index (χ2n) is 2.66. The fraction of sp³-hybridized carbons (Fsp3) is 0.182. The number of benzene rings is 1. The normalized spacial score (nSPS) is 8.64. The highest BCUT2D eigenvalue weighted by molar-refractivity contribution is 5.86. The first-order chi connectivity index (χ1) is 6.70. The molecule has 3 nitrogen and oxygen atoms in total. The second-order valence-corrected chi connectivity index (χ2v) is 2.66. The van der Waals surface area contributed by atoms with Gasteiger partial charge in [0, 0.05) is 5.92 Å². The lowest BCUT2D eigenvalue weighted by atomic mass is 10.2. The largest absolute Gasteiger partial charge is 0.481 e. The maximum absolute atomic E-state index is 10.0. The third-order valence-corrected chi connectivity index (χ3v) is 1.59. The van der Waals surface area contributed by atoms with E-state index < -0.39 is 5.97 Å². The summed E-state index contributed by atoms with van der Waals surface area (Å²) >= 11 is 0. The van der Waals surface area contributed by atoms with E-state index in [1.54, 1.807) is 0 Å². The Morgan fingerprint density at radius 1 is 1.50 bits per heavy atom. The smallest absolute Gasteiger partial charge is 0.382 e. The van der Waals surface area contributed by atoms with Crippen LogP contribution >= 0.6 is 0 Å². The van der Waals surface area contributed by atoms with E-state index in [4.69, 9.17) is 9.84 Å². The summed E-state index contributed by atoms with van der Waals surface area (Å²) in [5, 5.41) is 8.24. The van der Waals surface area contributed by atoms with Crippen LogP contribution in [0.25, 0.3) is 0 Å². The van der Waals surface area contributed by atoms with Crippen molar-refractivity contribution in [2.75, 3.05) is 6.61 Å². The number of carboxylic acids is 1. The Labute approximate surface area is 82.3 Å². The van der Waals surface area contributed by atoms with Crippen molar-refractivity contribution in [3.8, 4) is 17.6 Å². The van der Waals surface area contributed by atoms with Gasteiger partial charge in [0.15, 0.2) is 0 Å². The van der Waals surface area contributed by atoms with Crippen molar-refractivity contribution in [3.63, 3.8) is 0 Å². The third-order valence-electron chi connectivity index (χ3n) is 1.59. The van der Waals surface area contributed by atoms with Crippen molar-refractivity contribution in [3.05, 3.63) is 29.8 Å². The van der Waals surface area contributed by atoms with E-state index in [9.17, 15) is 4.79 Å². The summed E-state index contributed by atoms with van der Waals surface area (Å²) < 4.78 is 5.25. The van der Waals surface area contributed by atoms with E-state index in [2.05, 4.69) is 5.92 Å². The van der Waals surface area contributed by atoms with Crippen LogP contribution in [0.3, 0.4) is 0 Å². The molecule has 0 unspecified atom stereocenters. The Balaban J connectivity index is 2.52. The summed E-state index contributed by atoms with van der Waals surface area (Å²) in [5.41, 5.74) is 1.00. The molecule has 0 heterocycles. The number of ether oxygens (including phenoxy) is 1. The van der Waals surface area contributed by atoms with Crippen LogP contribution in [0.15, 0.2) is 24.3 Å². The van der Waals surface area contributed by atoms with Crippen molar-refractivity contribution in [1.82, 2.24) is 0 Å². The molecule has 72 valence electrons. The molecular formula is C11H10O3. The van der Waals surface area contributed by atoms with Crippen LogP contribution in [0.1, 0.15) is 5.56 Å². The number of rotatable bonds is 2. The number of para-hydroxylation sites is 1. The number of hydrogen-bond donors (Lipinski definition) is 1. The fourth-order valence-electron chi connectivity index (χ4n) is 0.944. The second kappa shape index (κ2) is 4.93. The zero-order chi connectivity index (χ0) is 10.4. The summed E-state index contributed by atoms with van der Waals surface area (Å²) in [4.78, 5) is 10.0. The Morgan fingerprint density at radius 2 is 2.21 bits per heavy atom. The van der Waals surface area contributed by atoms with Crippen LogP contribution in [0.2, 0.25) is 0 Å². The van der Waals surface area contributed by atoms with Crippen molar-refractivity contribution in [2.24, 2.45) is 0 Å². The minimum Gasteiger partial charge on any atom is -0.481 e. The van der Waals surface area contributed by atoms with Crippen molar-refractivity contribution < 1.29 is 14.6 Å². The maximum atomic E-state index is 10.0. The molecule has 0 aromatic heterocycles. The Morgan fingerprint density at radius 3 is 2.86 bits per heavy atom. The van der Waals surface area contributed by atoms with E-state index in [1.165, 1.54) is 0 Å². The minimum atomic E-state index is -1.14. The molecule has 1 aromatic rings. The molecule has 0 aliphatic rings. The van der Waals surface area contributed by atoms with Crippen LogP contribution in [0.5, 0.6) is 5.75 Å². The molecule has 0 fully saturated rings. The summed E-state index contributed by atoms with van der Waals surface area (Å²) in [6, 6.07) is 7.50. The Kier molecular flexibility index (Phi) is 3.57. The van der Waals surface area contributed by atoms with Gasteiger partial charge in [-0.25, -0.2) is 4.79 Å². The lowest BCUT2D eigenvalue weighted by molar-refractivity contribution is -0.130. The molecule has 0 bridgehead atoms. The minimum absolute atomic E-state index is 0.0944. The van der Waals surface area contributed by atoms with Crippen LogP contribution < -0.4 is 4.74 Å². The van der Waals surface area contributed by atoms with Gasteiger partial charge in [0.05, 0.1) is 0 Å². The first-order valence-electron chi connectivity index (χ1n) is 4.10. The molecule has 0 spiro atoms. The molecular weight excluding hydrogens is 180 g/mol. The lowest BCUT2D eigenvalue weighted by Crippen LogP contribution is -1.97. The van der Waals surface area contributed by atoms with E-state index in [1.807, 2.05) is 37.1 Å². The highest BCUT2D eigenvalue weighted by Crippen LogP contribution is 2.15. The highest BCUT2D eigenvalue weighted by Gasteiger charge is 1.94. The molecule has 0 saturated heterocycles. The van der Waals surface area contributed by atoms with Crippen LogP contribution in [0, 0.1) is 18.8 Å². The molecule has 14 heavy (non-hydrogen) atoms. The van der Waals surface area contributed by atoms with E-state index in [0.29, 0.717) is 0 Å². The number of carboxylic acid groups (broad SMARTS) is 1. The third kappa shape index (κ3) is 3.20. The molecule has 1 rings (SSSR count). The van der Waals surface area contributed by atoms with Crippen LogP contribution in [-0.2, 0) is 4.79 Å². The summed E-state index contributed by atoms with van der Waals surface area (Å²) in [6.45, 7) is 2.01. The van der Waals surface area contributed by atoms with Gasteiger partial charge < -0.3 is 9.84 Å². The zero-order valence-electron chi connectivity index (χ0n) is 7.78. The quantitative estimate of drug-likeness (QED) is 0.718. The highest BCUT2D eigenvalue weighted by atomic mass is 16.5. The molecule has 0 saturated carbocycles. The molecule has 1 aromatic carbocycles. The monoisotopic (exact) mass is 190 g/mol. The number of aryl methyl sites for hydroxylation is 1. The fourth-order valence-corrected chi connectivity index (χ4v) is 0.944. The van der Waals surface area contributed by atoms with Crippen molar-refractivity contribution in [1.29, 1.82) is 0 Å².